The van der Waals surface area contributed by atoms with Crippen molar-refractivity contribution in [2.45, 2.75) is 19.4 Å². The average Bonchev–Trinajstić information content (AvgIpc) is 2.38. The van der Waals surface area contributed by atoms with Gasteiger partial charge in [0, 0.05) is 12.7 Å². The molecule has 0 unspecified atom stereocenters. The van der Waals surface area contributed by atoms with Gasteiger partial charge in [0.2, 0.25) is 0 Å². The monoisotopic (exact) mass is 266 g/mol. The van der Waals surface area contributed by atoms with E-state index < -0.39 is 11.5 Å². The van der Waals surface area contributed by atoms with Crippen LogP contribution in [-0.2, 0) is 0 Å². The van der Waals surface area contributed by atoms with E-state index in [2.05, 4.69) is 5.32 Å². The summed E-state index contributed by atoms with van der Waals surface area (Å²) in [6.07, 6.45) is 0. The second-order valence-corrected chi connectivity index (χ2v) is 4.84. The van der Waals surface area contributed by atoms with Crippen molar-refractivity contribution < 1.29 is 19.8 Å². The van der Waals surface area contributed by atoms with Crippen LogP contribution in [0.15, 0.2) is 24.3 Å². The summed E-state index contributed by atoms with van der Waals surface area (Å²) < 4.78 is 0. The lowest BCUT2D eigenvalue weighted by atomic mass is 10.1. The maximum absolute atomic E-state index is 11.9. The van der Waals surface area contributed by atoms with Gasteiger partial charge in [-0.05, 0) is 38.1 Å². The van der Waals surface area contributed by atoms with Gasteiger partial charge in [-0.3, -0.25) is 0 Å². The summed E-state index contributed by atoms with van der Waals surface area (Å²) in [5, 5.41) is 20.6. The van der Waals surface area contributed by atoms with E-state index in [1.54, 1.807) is 20.9 Å². The van der Waals surface area contributed by atoms with E-state index in [0.717, 1.165) is 0 Å². The number of carbonyl (C=O) groups is 2. The first-order valence-corrected chi connectivity index (χ1v) is 5.77. The number of nitrogens with zero attached hydrogens (tertiary/aromatic N) is 1. The van der Waals surface area contributed by atoms with Gasteiger partial charge in [0.25, 0.3) is 0 Å². The van der Waals surface area contributed by atoms with E-state index in [1.807, 2.05) is 0 Å². The molecule has 0 radical (unpaired) electrons. The van der Waals surface area contributed by atoms with Crippen LogP contribution in [0.25, 0.3) is 0 Å². The molecule has 0 saturated carbocycles. The zero-order valence-corrected chi connectivity index (χ0v) is 11.2. The van der Waals surface area contributed by atoms with Gasteiger partial charge in [-0.25, -0.2) is 9.59 Å². The number of urea groups is 1. The fourth-order valence-electron chi connectivity index (χ4n) is 1.28. The Morgan fingerprint density at radius 1 is 1.26 bits per heavy atom. The Kier molecular flexibility index (Phi) is 4.50. The molecule has 0 aliphatic carbocycles. The van der Waals surface area contributed by atoms with Crippen LogP contribution in [-0.4, -0.2) is 46.3 Å². The molecule has 1 aromatic carbocycles. The molecule has 6 nitrogen and oxygen atoms in total. The van der Waals surface area contributed by atoms with Crippen LogP contribution in [0.5, 0.6) is 0 Å². The predicted molar refractivity (Wildman–Crippen MR) is 71.3 cm³/mol. The summed E-state index contributed by atoms with van der Waals surface area (Å²) in [7, 11) is 1.58. The second-order valence-electron chi connectivity index (χ2n) is 4.84. The molecule has 0 fully saturated rings. The number of benzene rings is 1. The van der Waals surface area contributed by atoms with Crippen LogP contribution in [0.3, 0.4) is 0 Å². The number of amides is 2. The molecule has 1 rings (SSSR count). The Balaban J connectivity index is 2.74. The van der Waals surface area contributed by atoms with Gasteiger partial charge >= 0.3 is 12.0 Å². The minimum absolute atomic E-state index is 0.155. The lowest BCUT2D eigenvalue weighted by Crippen LogP contribution is -2.49. The normalized spacial score (nSPS) is 10.9. The summed E-state index contributed by atoms with van der Waals surface area (Å²) in [5.74, 6) is -1.02. The molecule has 0 aromatic heterocycles. The van der Waals surface area contributed by atoms with Crippen LogP contribution in [0.1, 0.15) is 24.2 Å². The van der Waals surface area contributed by atoms with Crippen molar-refractivity contribution in [2.24, 2.45) is 0 Å². The highest BCUT2D eigenvalue weighted by atomic mass is 16.4. The molecule has 6 heteroatoms. The maximum atomic E-state index is 11.9. The fourth-order valence-corrected chi connectivity index (χ4v) is 1.28. The SMILES string of the molecule is CN(C(=O)Nc1ccc(C(=O)O)cc1)C(C)(C)CO. The van der Waals surface area contributed by atoms with Crippen molar-refractivity contribution in [3.05, 3.63) is 29.8 Å². The van der Waals surface area contributed by atoms with Crippen molar-refractivity contribution in [1.29, 1.82) is 0 Å². The highest BCUT2D eigenvalue weighted by Crippen LogP contribution is 2.15. The second kappa shape index (κ2) is 5.71. The molecule has 104 valence electrons. The number of likely N-dealkylation sites (N-methyl/N-ethyl adjacent to an activating group) is 1. The number of carboxylic acids is 1. The van der Waals surface area contributed by atoms with E-state index in [9.17, 15) is 14.7 Å². The Bertz CT molecular complexity index is 468. The zero-order chi connectivity index (χ0) is 14.6. The number of aromatic carboxylic acids is 1. The van der Waals surface area contributed by atoms with Gasteiger partial charge in [-0.15, -0.1) is 0 Å². The molecule has 0 heterocycles. The molecular weight excluding hydrogens is 248 g/mol. The van der Waals surface area contributed by atoms with Gasteiger partial charge in [0.05, 0.1) is 17.7 Å². The van der Waals surface area contributed by atoms with Crippen molar-refractivity contribution in [3.8, 4) is 0 Å². The minimum Gasteiger partial charge on any atom is -0.478 e. The molecule has 0 aliphatic heterocycles. The third-order valence-electron chi connectivity index (χ3n) is 2.98. The number of carboxylic acid groups (broad SMARTS) is 1. The number of nitrogens with one attached hydrogen (secondary N) is 1. The highest BCUT2D eigenvalue weighted by molar-refractivity contribution is 5.91. The standard InChI is InChI=1S/C13H18N2O4/c1-13(2,8-16)15(3)12(19)14-10-6-4-9(5-7-10)11(17)18/h4-7,16H,8H2,1-3H3,(H,14,19)(H,17,18). The van der Waals surface area contributed by atoms with E-state index in [1.165, 1.54) is 29.2 Å². The van der Waals surface area contributed by atoms with E-state index >= 15 is 0 Å². The molecule has 0 atom stereocenters. The molecule has 0 spiro atoms. The third kappa shape index (κ3) is 3.69. The summed E-state index contributed by atoms with van der Waals surface area (Å²) in [4.78, 5) is 24.0. The highest BCUT2D eigenvalue weighted by Gasteiger charge is 2.26. The zero-order valence-electron chi connectivity index (χ0n) is 11.2. The fraction of sp³-hybridized carbons (Fsp3) is 0.385. The van der Waals surface area contributed by atoms with Gasteiger partial charge in [-0.2, -0.15) is 0 Å². The molecule has 3 N–H and O–H groups in total. The summed E-state index contributed by atoms with van der Waals surface area (Å²) in [6.45, 7) is 3.31. The van der Waals surface area contributed by atoms with E-state index in [-0.39, 0.29) is 18.2 Å². The first kappa shape index (κ1) is 15.0. The number of aliphatic hydroxyl groups is 1. The Labute approximate surface area is 111 Å². The third-order valence-corrected chi connectivity index (χ3v) is 2.98. The quantitative estimate of drug-likeness (QED) is 0.772. The van der Waals surface area contributed by atoms with Crippen molar-refractivity contribution in [3.63, 3.8) is 0 Å². The number of rotatable bonds is 4. The van der Waals surface area contributed by atoms with Crippen LogP contribution >= 0.6 is 0 Å². The number of hydrogen-bond donors (Lipinski definition) is 3. The number of hydrogen-bond acceptors (Lipinski definition) is 3. The number of anilines is 1. The molecule has 19 heavy (non-hydrogen) atoms. The summed E-state index contributed by atoms with van der Waals surface area (Å²) in [6, 6.07) is 5.48. The van der Waals surface area contributed by atoms with Crippen molar-refractivity contribution >= 4 is 17.7 Å². The first-order valence-electron chi connectivity index (χ1n) is 5.77. The molecular formula is C13H18N2O4. The number of aliphatic hydroxyl groups excluding tert-OH is 1. The maximum Gasteiger partial charge on any atom is 0.335 e. The summed E-state index contributed by atoms with van der Waals surface area (Å²) in [5.41, 5.74) is -0.0249. The molecule has 0 bridgehead atoms. The summed E-state index contributed by atoms with van der Waals surface area (Å²) >= 11 is 0. The molecule has 0 saturated heterocycles. The number of carbonyl (C=O) groups excluding carboxylic acids is 1. The van der Waals surface area contributed by atoms with Gasteiger partial charge in [-0.1, -0.05) is 0 Å². The van der Waals surface area contributed by atoms with Gasteiger partial charge < -0.3 is 20.4 Å². The van der Waals surface area contributed by atoms with Gasteiger partial charge in [0.15, 0.2) is 0 Å². The van der Waals surface area contributed by atoms with Crippen LogP contribution < -0.4 is 5.32 Å². The minimum atomic E-state index is -1.02. The Morgan fingerprint density at radius 2 is 1.79 bits per heavy atom. The smallest absolute Gasteiger partial charge is 0.335 e. The van der Waals surface area contributed by atoms with Crippen LogP contribution in [0.2, 0.25) is 0 Å². The van der Waals surface area contributed by atoms with Crippen molar-refractivity contribution in [2.75, 3.05) is 19.0 Å². The first-order chi connectivity index (χ1) is 8.77. The largest absolute Gasteiger partial charge is 0.478 e. The van der Waals surface area contributed by atoms with Gasteiger partial charge in [0.1, 0.15) is 0 Å². The van der Waals surface area contributed by atoms with Crippen LogP contribution in [0.4, 0.5) is 10.5 Å². The lowest BCUT2D eigenvalue weighted by Gasteiger charge is -2.33. The average molecular weight is 266 g/mol. The molecule has 2 amide bonds. The van der Waals surface area contributed by atoms with E-state index in [4.69, 9.17) is 5.11 Å². The van der Waals surface area contributed by atoms with Crippen LogP contribution in [0, 0.1) is 0 Å². The lowest BCUT2D eigenvalue weighted by molar-refractivity contribution is 0.0697. The van der Waals surface area contributed by atoms with E-state index in [0.29, 0.717) is 5.69 Å². The molecule has 0 aliphatic rings. The van der Waals surface area contributed by atoms with Crippen molar-refractivity contribution in [1.82, 2.24) is 4.90 Å². The topological polar surface area (TPSA) is 89.9 Å². The Hall–Kier alpha value is -2.08. The Morgan fingerprint density at radius 3 is 2.21 bits per heavy atom. The molecule has 1 aromatic rings. The predicted octanol–water partition coefficient (Wildman–Crippen LogP) is 1.62.